The largest absolute Gasteiger partial charge is 0.481 e. The minimum absolute atomic E-state index is 0.00453. The number of thioether (sulfide) groups is 1. The number of carbonyl (C=O) groups is 2. The van der Waals surface area contributed by atoms with Crippen molar-refractivity contribution in [3.05, 3.63) is 35.4 Å². The van der Waals surface area contributed by atoms with E-state index in [0.717, 1.165) is 23.3 Å². The lowest BCUT2D eigenvalue weighted by Crippen LogP contribution is -2.27. The molecule has 0 saturated heterocycles. The highest BCUT2D eigenvalue weighted by Crippen LogP contribution is 2.40. The molecule has 1 aromatic carbocycles. The summed E-state index contributed by atoms with van der Waals surface area (Å²) in [6, 6.07) is 7.31. The first-order valence-corrected chi connectivity index (χ1v) is 8.12. The molecule has 0 aromatic heterocycles. The monoisotopic (exact) mass is 293 g/mol. The highest BCUT2D eigenvalue weighted by Gasteiger charge is 2.35. The number of nitrogens with one attached hydrogen (secondary N) is 1. The first-order valence-electron chi connectivity index (χ1n) is 6.73. The van der Waals surface area contributed by atoms with Gasteiger partial charge in [0.1, 0.15) is 0 Å². The third kappa shape index (κ3) is 3.33. The van der Waals surface area contributed by atoms with Crippen LogP contribution in [0, 0.1) is 0 Å². The Hall–Kier alpha value is -1.49. The third-order valence-corrected chi connectivity index (χ3v) is 4.30. The molecule has 1 amide bonds. The summed E-state index contributed by atoms with van der Waals surface area (Å²) in [4.78, 5) is 23.2. The molecule has 2 atom stereocenters. The second-order valence-corrected chi connectivity index (χ2v) is 5.96. The van der Waals surface area contributed by atoms with Crippen molar-refractivity contribution in [2.24, 2.45) is 0 Å². The Morgan fingerprint density at radius 3 is 2.70 bits per heavy atom. The predicted molar refractivity (Wildman–Crippen MR) is 79.9 cm³/mol. The van der Waals surface area contributed by atoms with Crippen molar-refractivity contribution < 1.29 is 14.7 Å². The van der Waals surface area contributed by atoms with Crippen LogP contribution in [-0.4, -0.2) is 29.0 Å². The molecule has 0 saturated carbocycles. The summed E-state index contributed by atoms with van der Waals surface area (Å²) >= 11 is 1.72. The van der Waals surface area contributed by atoms with Crippen LogP contribution in [0.1, 0.15) is 42.3 Å². The lowest BCUT2D eigenvalue weighted by molar-refractivity contribution is -0.139. The second kappa shape index (κ2) is 6.79. The number of fused-ring (bicyclic) bond motifs is 1. The van der Waals surface area contributed by atoms with Gasteiger partial charge in [-0.25, -0.2) is 0 Å². The van der Waals surface area contributed by atoms with Crippen LogP contribution in [0.25, 0.3) is 0 Å². The van der Waals surface area contributed by atoms with Crippen LogP contribution in [0.5, 0.6) is 0 Å². The van der Waals surface area contributed by atoms with E-state index in [1.165, 1.54) is 0 Å². The Balaban J connectivity index is 2.03. The molecule has 2 rings (SSSR count). The topological polar surface area (TPSA) is 66.4 Å². The average Bonchev–Trinajstić information content (AvgIpc) is 2.78. The summed E-state index contributed by atoms with van der Waals surface area (Å²) < 4.78 is 0. The van der Waals surface area contributed by atoms with Crippen LogP contribution in [-0.2, 0) is 9.59 Å². The Morgan fingerprint density at radius 2 is 2.05 bits per heavy atom. The van der Waals surface area contributed by atoms with Crippen LogP contribution >= 0.6 is 11.8 Å². The van der Waals surface area contributed by atoms with Gasteiger partial charge in [0.15, 0.2) is 0 Å². The molecule has 1 aliphatic rings. The Labute approximate surface area is 123 Å². The standard InChI is InChI=1S/C15H19NO3S/c1-20-8-4-7-14(17)16-13-9-12(15(18)19)10-5-2-3-6-11(10)13/h2-3,5-6,12-13H,4,7-9H2,1H3,(H,16,17)(H,18,19). The summed E-state index contributed by atoms with van der Waals surface area (Å²) in [7, 11) is 0. The number of aliphatic carboxylic acids is 1. The van der Waals surface area contributed by atoms with Crippen molar-refractivity contribution in [2.45, 2.75) is 31.2 Å². The highest BCUT2D eigenvalue weighted by molar-refractivity contribution is 7.98. The molecule has 4 nitrogen and oxygen atoms in total. The maximum absolute atomic E-state index is 11.9. The fourth-order valence-corrected chi connectivity index (χ4v) is 3.08. The molecule has 1 aromatic rings. The number of rotatable bonds is 6. The van der Waals surface area contributed by atoms with Gasteiger partial charge >= 0.3 is 5.97 Å². The molecule has 108 valence electrons. The summed E-state index contributed by atoms with van der Waals surface area (Å²) in [5.41, 5.74) is 1.77. The van der Waals surface area contributed by atoms with Crippen molar-refractivity contribution in [3.8, 4) is 0 Å². The zero-order valence-corrected chi connectivity index (χ0v) is 12.3. The molecule has 0 heterocycles. The van der Waals surface area contributed by atoms with E-state index in [1.54, 1.807) is 11.8 Å². The number of carbonyl (C=O) groups excluding carboxylic acids is 1. The SMILES string of the molecule is CSCCCC(=O)NC1CC(C(=O)O)c2ccccc21. The highest BCUT2D eigenvalue weighted by atomic mass is 32.2. The van der Waals surface area contributed by atoms with Crippen LogP contribution in [0.15, 0.2) is 24.3 Å². The van der Waals surface area contributed by atoms with E-state index in [9.17, 15) is 14.7 Å². The summed E-state index contributed by atoms with van der Waals surface area (Å²) in [6.45, 7) is 0. The smallest absolute Gasteiger partial charge is 0.311 e. The van der Waals surface area contributed by atoms with E-state index in [1.807, 2.05) is 30.5 Å². The van der Waals surface area contributed by atoms with Gasteiger partial charge in [0.05, 0.1) is 12.0 Å². The van der Waals surface area contributed by atoms with Gasteiger partial charge in [-0.1, -0.05) is 24.3 Å². The quantitative estimate of drug-likeness (QED) is 0.791. The van der Waals surface area contributed by atoms with Gasteiger partial charge in [0, 0.05) is 6.42 Å². The van der Waals surface area contributed by atoms with E-state index in [-0.39, 0.29) is 11.9 Å². The number of benzene rings is 1. The number of carboxylic acids is 1. The number of hydrogen-bond donors (Lipinski definition) is 2. The van der Waals surface area contributed by atoms with Crippen molar-refractivity contribution in [3.63, 3.8) is 0 Å². The van der Waals surface area contributed by atoms with E-state index in [4.69, 9.17) is 0 Å². The minimum Gasteiger partial charge on any atom is -0.481 e. The molecule has 5 heteroatoms. The average molecular weight is 293 g/mol. The van der Waals surface area contributed by atoms with Crippen LogP contribution in [0.2, 0.25) is 0 Å². The maximum Gasteiger partial charge on any atom is 0.311 e. The Bertz CT molecular complexity index is 504. The molecule has 0 fully saturated rings. The van der Waals surface area contributed by atoms with Gasteiger partial charge in [0.2, 0.25) is 5.91 Å². The third-order valence-electron chi connectivity index (χ3n) is 3.60. The Kier molecular flexibility index (Phi) is 5.06. The van der Waals surface area contributed by atoms with E-state index in [0.29, 0.717) is 12.8 Å². The second-order valence-electron chi connectivity index (χ2n) is 4.97. The predicted octanol–water partition coefficient (Wildman–Crippen LogP) is 2.56. The zero-order valence-electron chi connectivity index (χ0n) is 11.5. The fraction of sp³-hybridized carbons (Fsp3) is 0.467. The molecule has 0 bridgehead atoms. The maximum atomic E-state index is 11.9. The lowest BCUT2D eigenvalue weighted by atomic mass is 10.0. The number of hydrogen-bond acceptors (Lipinski definition) is 3. The van der Waals surface area contributed by atoms with Crippen molar-refractivity contribution in [1.29, 1.82) is 0 Å². The molecule has 2 unspecified atom stereocenters. The van der Waals surface area contributed by atoms with Crippen LogP contribution in [0.3, 0.4) is 0 Å². The zero-order chi connectivity index (χ0) is 14.5. The van der Waals surface area contributed by atoms with Gasteiger partial charge < -0.3 is 10.4 Å². The molecule has 2 N–H and O–H groups in total. The van der Waals surface area contributed by atoms with E-state index in [2.05, 4.69) is 5.32 Å². The summed E-state index contributed by atoms with van der Waals surface area (Å²) in [5, 5.41) is 12.2. The van der Waals surface area contributed by atoms with Gasteiger partial charge in [-0.2, -0.15) is 11.8 Å². The number of amides is 1. The molecule has 20 heavy (non-hydrogen) atoms. The van der Waals surface area contributed by atoms with Crippen molar-refractivity contribution >= 4 is 23.6 Å². The minimum atomic E-state index is -0.823. The molecule has 0 spiro atoms. The molecule has 1 aliphatic carbocycles. The van der Waals surface area contributed by atoms with Gasteiger partial charge in [0.25, 0.3) is 0 Å². The fourth-order valence-electron chi connectivity index (χ4n) is 2.65. The van der Waals surface area contributed by atoms with Crippen molar-refractivity contribution in [2.75, 3.05) is 12.0 Å². The van der Waals surface area contributed by atoms with Gasteiger partial charge in [-0.15, -0.1) is 0 Å². The molecular weight excluding hydrogens is 274 g/mol. The van der Waals surface area contributed by atoms with E-state index < -0.39 is 11.9 Å². The molecule has 0 radical (unpaired) electrons. The first kappa shape index (κ1) is 14.9. The normalized spacial score (nSPS) is 20.4. The Morgan fingerprint density at radius 1 is 1.35 bits per heavy atom. The van der Waals surface area contributed by atoms with Gasteiger partial charge in [-0.05, 0) is 36.0 Å². The summed E-state index contributed by atoms with van der Waals surface area (Å²) in [6.07, 6.45) is 3.81. The first-order chi connectivity index (χ1) is 9.63. The number of carboxylic acid groups (broad SMARTS) is 1. The van der Waals surface area contributed by atoms with Crippen molar-refractivity contribution in [1.82, 2.24) is 5.32 Å². The lowest BCUT2D eigenvalue weighted by Gasteiger charge is -2.14. The van der Waals surface area contributed by atoms with Crippen LogP contribution < -0.4 is 5.32 Å². The van der Waals surface area contributed by atoms with Crippen LogP contribution in [0.4, 0.5) is 0 Å². The molecular formula is C15H19NO3S. The summed E-state index contributed by atoms with van der Waals surface area (Å²) in [5.74, 6) is -0.365. The van der Waals surface area contributed by atoms with Gasteiger partial charge in [-0.3, -0.25) is 9.59 Å². The van der Waals surface area contributed by atoms with E-state index >= 15 is 0 Å². The molecule has 0 aliphatic heterocycles.